The van der Waals surface area contributed by atoms with E-state index >= 15 is 0 Å². The van der Waals surface area contributed by atoms with Crippen molar-refractivity contribution in [3.63, 3.8) is 0 Å². The number of phenols is 1. The molecule has 0 aliphatic rings. The summed E-state index contributed by atoms with van der Waals surface area (Å²) in [5.41, 5.74) is 2.66. The van der Waals surface area contributed by atoms with E-state index in [-0.39, 0.29) is 5.75 Å². The van der Waals surface area contributed by atoms with E-state index in [4.69, 9.17) is 0 Å². The lowest BCUT2D eigenvalue weighted by atomic mass is 9.99. The average Bonchev–Trinajstić information content (AvgIpc) is 2.15. The first kappa shape index (κ1) is 9.71. The molecule has 0 saturated carbocycles. The highest BCUT2D eigenvalue weighted by Gasteiger charge is 2.06. The number of fused-ring (bicyclic) bond motifs is 1. The van der Waals surface area contributed by atoms with E-state index in [1.165, 1.54) is 6.07 Å². The zero-order chi connectivity index (χ0) is 11.0. The molecule has 0 aromatic heterocycles. The van der Waals surface area contributed by atoms with Crippen LogP contribution < -0.4 is 0 Å². The Balaban J connectivity index is 2.91. The van der Waals surface area contributed by atoms with Crippen LogP contribution in [0, 0.1) is 13.8 Å². The van der Waals surface area contributed by atoms with E-state index in [9.17, 15) is 9.90 Å². The van der Waals surface area contributed by atoms with Crippen LogP contribution >= 0.6 is 0 Å². The van der Waals surface area contributed by atoms with Crippen molar-refractivity contribution >= 4 is 17.1 Å². The summed E-state index contributed by atoms with van der Waals surface area (Å²) in [5.74, 6) is 0.173. The second-order valence-corrected chi connectivity index (χ2v) is 3.84. The number of hydrogen-bond acceptors (Lipinski definition) is 2. The molecule has 0 fully saturated rings. The number of benzene rings is 2. The van der Waals surface area contributed by atoms with Crippen LogP contribution in [-0.2, 0) is 0 Å². The first-order chi connectivity index (χ1) is 7.11. The van der Waals surface area contributed by atoms with Gasteiger partial charge in [-0.2, -0.15) is 0 Å². The van der Waals surface area contributed by atoms with Crippen molar-refractivity contribution in [2.24, 2.45) is 0 Å². The van der Waals surface area contributed by atoms with E-state index < -0.39 is 0 Å². The molecule has 0 unspecified atom stereocenters. The van der Waals surface area contributed by atoms with Crippen molar-refractivity contribution in [3.05, 3.63) is 41.0 Å². The zero-order valence-electron chi connectivity index (χ0n) is 8.74. The van der Waals surface area contributed by atoms with Crippen molar-refractivity contribution in [1.29, 1.82) is 0 Å². The van der Waals surface area contributed by atoms with Gasteiger partial charge in [0.25, 0.3) is 0 Å². The summed E-state index contributed by atoms with van der Waals surface area (Å²) in [7, 11) is 0. The van der Waals surface area contributed by atoms with Crippen molar-refractivity contribution in [2.45, 2.75) is 13.8 Å². The van der Waals surface area contributed by atoms with Gasteiger partial charge in [0, 0.05) is 10.9 Å². The molecule has 0 heterocycles. The van der Waals surface area contributed by atoms with Crippen LogP contribution in [-0.4, -0.2) is 11.4 Å². The van der Waals surface area contributed by atoms with E-state index in [0.717, 1.165) is 28.2 Å². The number of aromatic hydroxyl groups is 1. The smallest absolute Gasteiger partial charge is 0.150 e. The number of carbonyl (C=O) groups is 1. The van der Waals surface area contributed by atoms with Gasteiger partial charge in [-0.25, -0.2) is 0 Å². The van der Waals surface area contributed by atoms with Crippen LogP contribution in [0.4, 0.5) is 0 Å². The van der Waals surface area contributed by atoms with Gasteiger partial charge in [0.15, 0.2) is 0 Å². The number of rotatable bonds is 1. The van der Waals surface area contributed by atoms with Crippen molar-refractivity contribution in [1.82, 2.24) is 0 Å². The molecular formula is C13H12O2. The average molecular weight is 200 g/mol. The fourth-order valence-electron chi connectivity index (χ4n) is 1.98. The van der Waals surface area contributed by atoms with Crippen LogP contribution in [0.15, 0.2) is 24.3 Å². The van der Waals surface area contributed by atoms with Gasteiger partial charge in [0.1, 0.15) is 12.0 Å². The Hall–Kier alpha value is -1.83. The summed E-state index contributed by atoms with van der Waals surface area (Å²) in [5, 5.41) is 11.5. The highest BCUT2D eigenvalue weighted by Crippen LogP contribution is 2.30. The molecule has 2 aromatic rings. The van der Waals surface area contributed by atoms with Gasteiger partial charge >= 0.3 is 0 Å². The molecule has 1 N–H and O–H groups in total. The van der Waals surface area contributed by atoms with Crippen LogP contribution in [0.25, 0.3) is 10.8 Å². The SMILES string of the molecule is Cc1cc(C)c2c(O)cc(C=O)cc2c1. The second kappa shape index (κ2) is 3.39. The summed E-state index contributed by atoms with van der Waals surface area (Å²) >= 11 is 0. The Morgan fingerprint density at radius 1 is 1.13 bits per heavy atom. The molecule has 76 valence electrons. The minimum atomic E-state index is 0.173. The van der Waals surface area contributed by atoms with E-state index in [2.05, 4.69) is 0 Å². The van der Waals surface area contributed by atoms with Gasteiger partial charge in [-0.1, -0.05) is 17.7 Å². The maximum Gasteiger partial charge on any atom is 0.150 e. The molecule has 0 spiro atoms. The van der Waals surface area contributed by atoms with Crippen molar-refractivity contribution in [3.8, 4) is 5.75 Å². The Morgan fingerprint density at radius 3 is 2.53 bits per heavy atom. The van der Waals surface area contributed by atoms with Crippen LogP contribution in [0.1, 0.15) is 21.5 Å². The number of hydrogen-bond donors (Lipinski definition) is 1. The Labute approximate surface area is 88.2 Å². The topological polar surface area (TPSA) is 37.3 Å². The second-order valence-electron chi connectivity index (χ2n) is 3.84. The zero-order valence-corrected chi connectivity index (χ0v) is 8.74. The standard InChI is InChI=1S/C13H12O2/c1-8-3-9(2)13-11(4-8)5-10(7-14)6-12(13)15/h3-7,15H,1-2H3. The molecule has 0 aliphatic carbocycles. The molecule has 0 atom stereocenters. The minimum absolute atomic E-state index is 0.173. The molecule has 15 heavy (non-hydrogen) atoms. The van der Waals surface area contributed by atoms with Crippen molar-refractivity contribution < 1.29 is 9.90 Å². The summed E-state index contributed by atoms with van der Waals surface area (Å²) in [6, 6.07) is 7.28. The van der Waals surface area contributed by atoms with Gasteiger partial charge in [-0.15, -0.1) is 0 Å². The number of aldehydes is 1. The van der Waals surface area contributed by atoms with Gasteiger partial charge in [-0.3, -0.25) is 4.79 Å². The number of carbonyl (C=O) groups excluding carboxylic acids is 1. The Morgan fingerprint density at radius 2 is 1.87 bits per heavy atom. The molecule has 0 radical (unpaired) electrons. The van der Waals surface area contributed by atoms with Gasteiger partial charge < -0.3 is 5.11 Å². The highest BCUT2D eigenvalue weighted by atomic mass is 16.3. The molecule has 2 heteroatoms. The molecule has 0 saturated heterocycles. The molecule has 0 amide bonds. The lowest BCUT2D eigenvalue weighted by molar-refractivity contribution is 0.112. The predicted molar refractivity (Wildman–Crippen MR) is 60.5 cm³/mol. The largest absolute Gasteiger partial charge is 0.507 e. The van der Waals surface area contributed by atoms with Gasteiger partial charge in [0.2, 0.25) is 0 Å². The molecule has 0 aliphatic heterocycles. The minimum Gasteiger partial charge on any atom is -0.507 e. The monoisotopic (exact) mass is 200 g/mol. The van der Waals surface area contributed by atoms with Crippen LogP contribution in [0.5, 0.6) is 5.75 Å². The Kier molecular flexibility index (Phi) is 2.19. The van der Waals surface area contributed by atoms with Crippen molar-refractivity contribution in [2.75, 3.05) is 0 Å². The summed E-state index contributed by atoms with van der Waals surface area (Å²) in [6.07, 6.45) is 0.747. The summed E-state index contributed by atoms with van der Waals surface area (Å²) in [6.45, 7) is 3.95. The van der Waals surface area contributed by atoms with E-state index in [1.54, 1.807) is 6.07 Å². The third kappa shape index (κ3) is 1.59. The fourth-order valence-corrected chi connectivity index (χ4v) is 1.98. The van der Waals surface area contributed by atoms with Crippen LogP contribution in [0.2, 0.25) is 0 Å². The first-order valence-corrected chi connectivity index (χ1v) is 4.81. The molecule has 0 bridgehead atoms. The third-order valence-corrected chi connectivity index (χ3v) is 2.53. The first-order valence-electron chi connectivity index (χ1n) is 4.81. The maximum absolute atomic E-state index is 10.7. The van der Waals surface area contributed by atoms with E-state index in [0.29, 0.717) is 5.56 Å². The fraction of sp³-hybridized carbons (Fsp3) is 0.154. The lowest BCUT2D eigenvalue weighted by Crippen LogP contribution is -1.86. The lowest BCUT2D eigenvalue weighted by Gasteiger charge is -2.07. The van der Waals surface area contributed by atoms with Gasteiger partial charge in [-0.05, 0) is 36.9 Å². The summed E-state index contributed by atoms with van der Waals surface area (Å²) < 4.78 is 0. The summed E-state index contributed by atoms with van der Waals surface area (Å²) in [4.78, 5) is 10.7. The normalized spacial score (nSPS) is 10.5. The third-order valence-electron chi connectivity index (χ3n) is 2.53. The number of phenolic OH excluding ortho intramolecular Hbond substituents is 1. The van der Waals surface area contributed by atoms with Crippen LogP contribution in [0.3, 0.4) is 0 Å². The molecule has 2 nitrogen and oxygen atoms in total. The number of aryl methyl sites for hydroxylation is 2. The molecule has 2 rings (SSSR count). The predicted octanol–water partition coefficient (Wildman–Crippen LogP) is 2.97. The molecular weight excluding hydrogens is 188 g/mol. The Bertz CT molecular complexity index is 542. The molecule has 2 aromatic carbocycles. The van der Waals surface area contributed by atoms with E-state index in [1.807, 2.05) is 26.0 Å². The maximum atomic E-state index is 10.7. The highest BCUT2D eigenvalue weighted by molar-refractivity contribution is 5.95. The van der Waals surface area contributed by atoms with Gasteiger partial charge in [0.05, 0.1) is 0 Å². The quantitative estimate of drug-likeness (QED) is 0.718.